The van der Waals surface area contributed by atoms with Gasteiger partial charge in [0.2, 0.25) is 0 Å². The number of carbonyl (C=O) groups excluding carboxylic acids is 2. The second kappa shape index (κ2) is 7.17. The molecule has 0 aliphatic heterocycles. The average Bonchev–Trinajstić information content (AvgIpc) is 2.79. The molecule has 1 aliphatic carbocycles. The van der Waals surface area contributed by atoms with Gasteiger partial charge >= 0.3 is 5.97 Å². The van der Waals surface area contributed by atoms with E-state index in [9.17, 15) is 9.59 Å². The average molecular weight is 348 g/mol. The molecule has 0 bridgehead atoms. The van der Waals surface area contributed by atoms with Gasteiger partial charge in [-0.3, -0.25) is 9.59 Å². The molecule has 1 fully saturated rings. The standard InChI is InChI=1S/C17H20N2O4S/c1-22-16(21)11-5-3-2-4-6-12(11)18-15(20)10-7-8-13-14(9-10)23-17(24)19-13/h7-9,11-12H,2-6H2,1H3,(H,18,20)(H,19,24)/t11-,12-/m1/s1. The van der Waals surface area contributed by atoms with E-state index in [-0.39, 0.29) is 28.7 Å². The van der Waals surface area contributed by atoms with Gasteiger partial charge in [-0.25, -0.2) is 0 Å². The summed E-state index contributed by atoms with van der Waals surface area (Å²) in [6.07, 6.45) is 4.54. The fraction of sp³-hybridized carbons (Fsp3) is 0.471. The molecule has 1 aromatic carbocycles. The van der Waals surface area contributed by atoms with Gasteiger partial charge in [0.25, 0.3) is 10.7 Å². The summed E-state index contributed by atoms with van der Waals surface area (Å²) in [6, 6.07) is 4.92. The van der Waals surface area contributed by atoms with Crippen molar-refractivity contribution in [2.75, 3.05) is 7.11 Å². The summed E-state index contributed by atoms with van der Waals surface area (Å²) < 4.78 is 10.3. The van der Waals surface area contributed by atoms with Gasteiger partial charge in [-0.2, -0.15) is 0 Å². The number of carbonyl (C=O) groups is 2. The first-order valence-electron chi connectivity index (χ1n) is 8.10. The second-order valence-electron chi connectivity index (χ2n) is 6.07. The molecule has 6 nitrogen and oxygen atoms in total. The van der Waals surface area contributed by atoms with Crippen LogP contribution >= 0.6 is 12.2 Å². The fourth-order valence-corrected chi connectivity index (χ4v) is 3.45. The van der Waals surface area contributed by atoms with E-state index in [0.29, 0.717) is 11.1 Å². The molecule has 2 atom stereocenters. The molecule has 1 saturated carbocycles. The van der Waals surface area contributed by atoms with Gasteiger partial charge in [0, 0.05) is 11.6 Å². The third-order valence-corrected chi connectivity index (χ3v) is 4.70. The van der Waals surface area contributed by atoms with Gasteiger partial charge in [0.15, 0.2) is 5.58 Å². The Morgan fingerprint density at radius 3 is 2.88 bits per heavy atom. The van der Waals surface area contributed by atoms with Crippen LogP contribution in [0, 0.1) is 10.8 Å². The van der Waals surface area contributed by atoms with Crippen molar-refractivity contribution in [3.8, 4) is 0 Å². The molecule has 3 rings (SSSR count). The molecule has 24 heavy (non-hydrogen) atoms. The minimum Gasteiger partial charge on any atom is -0.469 e. The van der Waals surface area contributed by atoms with Crippen LogP contribution < -0.4 is 5.32 Å². The second-order valence-corrected chi connectivity index (χ2v) is 6.44. The molecule has 128 valence electrons. The Bertz CT molecular complexity index is 810. The summed E-state index contributed by atoms with van der Waals surface area (Å²) in [5.41, 5.74) is 1.77. The first-order chi connectivity index (χ1) is 11.6. The number of hydrogen-bond acceptors (Lipinski definition) is 5. The molecule has 0 unspecified atom stereocenters. The van der Waals surface area contributed by atoms with E-state index >= 15 is 0 Å². The normalized spacial score (nSPS) is 21.2. The highest BCUT2D eigenvalue weighted by atomic mass is 32.1. The maximum atomic E-state index is 12.6. The Kier molecular flexibility index (Phi) is 4.99. The first-order valence-corrected chi connectivity index (χ1v) is 8.51. The number of H-pyrrole nitrogens is 1. The van der Waals surface area contributed by atoms with Crippen LogP contribution in [0.4, 0.5) is 0 Å². The molecule has 0 radical (unpaired) electrons. The summed E-state index contributed by atoms with van der Waals surface area (Å²) in [5, 5.41) is 2.99. The van der Waals surface area contributed by atoms with Crippen LogP contribution in [0.25, 0.3) is 11.1 Å². The molecule has 7 heteroatoms. The monoisotopic (exact) mass is 348 g/mol. The zero-order valence-electron chi connectivity index (χ0n) is 13.5. The smallest absolute Gasteiger partial charge is 0.310 e. The minimum absolute atomic E-state index is 0.208. The van der Waals surface area contributed by atoms with Crippen molar-refractivity contribution in [2.24, 2.45) is 5.92 Å². The van der Waals surface area contributed by atoms with Gasteiger partial charge < -0.3 is 19.5 Å². The summed E-state index contributed by atoms with van der Waals surface area (Å²) in [5.74, 6) is -0.768. The number of benzene rings is 1. The van der Waals surface area contributed by atoms with Crippen molar-refractivity contribution in [1.82, 2.24) is 10.3 Å². The predicted molar refractivity (Wildman–Crippen MR) is 91.2 cm³/mol. The maximum absolute atomic E-state index is 12.6. The molecule has 0 saturated heterocycles. The van der Waals surface area contributed by atoms with Gasteiger partial charge in [-0.1, -0.05) is 19.3 Å². The van der Waals surface area contributed by atoms with Gasteiger partial charge in [-0.15, -0.1) is 0 Å². The molecular weight excluding hydrogens is 328 g/mol. The van der Waals surface area contributed by atoms with Gasteiger partial charge in [-0.05, 0) is 43.3 Å². The van der Waals surface area contributed by atoms with E-state index in [2.05, 4.69) is 10.3 Å². The van der Waals surface area contributed by atoms with Crippen LogP contribution in [0.15, 0.2) is 22.6 Å². The van der Waals surface area contributed by atoms with Crippen molar-refractivity contribution in [1.29, 1.82) is 0 Å². The lowest BCUT2D eigenvalue weighted by atomic mass is 9.94. The third kappa shape index (κ3) is 3.51. The number of nitrogens with one attached hydrogen (secondary N) is 2. The highest BCUT2D eigenvalue weighted by molar-refractivity contribution is 7.71. The molecule has 0 spiro atoms. The summed E-state index contributed by atoms with van der Waals surface area (Å²) in [6.45, 7) is 0. The number of aromatic amines is 1. The number of ether oxygens (including phenoxy) is 1. The van der Waals surface area contributed by atoms with Gasteiger partial charge in [0.05, 0.1) is 18.5 Å². The number of aromatic nitrogens is 1. The Hall–Kier alpha value is -2.15. The number of esters is 1. The minimum atomic E-state index is -0.290. The zero-order chi connectivity index (χ0) is 17.1. The number of fused-ring (bicyclic) bond motifs is 1. The number of rotatable bonds is 3. The SMILES string of the molecule is COC(=O)[C@@H]1CCCCC[C@H]1NC(=O)c1ccc2[nH]c(=S)oc2c1. The molecule has 1 heterocycles. The van der Waals surface area contributed by atoms with Crippen molar-refractivity contribution in [3.63, 3.8) is 0 Å². The Balaban J connectivity index is 1.79. The molecule has 1 amide bonds. The predicted octanol–water partition coefficient (Wildman–Crippen LogP) is 3.34. The van der Waals surface area contributed by atoms with E-state index in [0.717, 1.165) is 37.6 Å². The number of methoxy groups -OCH3 is 1. The Morgan fingerprint density at radius 1 is 1.29 bits per heavy atom. The lowest BCUT2D eigenvalue weighted by Crippen LogP contribution is -2.43. The fourth-order valence-electron chi connectivity index (χ4n) is 3.25. The molecule has 1 aliphatic rings. The van der Waals surface area contributed by atoms with Crippen molar-refractivity contribution >= 4 is 35.2 Å². The van der Waals surface area contributed by atoms with E-state index in [1.807, 2.05) is 0 Å². The third-order valence-electron chi connectivity index (χ3n) is 4.52. The van der Waals surface area contributed by atoms with Crippen molar-refractivity contribution in [2.45, 2.75) is 38.1 Å². The number of amides is 1. The summed E-state index contributed by atoms with van der Waals surface area (Å²) >= 11 is 4.95. The zero-order valence-corrected chi connectivity index (χ0v) is 14.3. The highest BCUT2D eigenvalue weighted by Crippen LogP contribution is 2.25. The van der Waals surface area contributed by atoms with E-state index in [1.165, 1.54) is 7.11 Å². The van der Waals surface area contributed by atoms with E-state index in [1.54, 1.807) is 18.2 Å². The topological polar surface area (TPSA) is 84.3 Å². The maximum Gasteiger partial charge on any atom is 0.310 e. The highest BCUT2D eigenvalue weighted by Gasteiger charge is 2.31. The molecule has 1 aromatic heterocycles. The van der Waals surface area contributed by atoms with E-state index < -0.39 is 0 Å². The number of oxazole rings is 1. The molecule has 2 aromatic rings. The summed E-state index contributed by atoms with van der Waals surface area (Å²) in [4.78, 5) is 27.8. The van der Waals surface area contributed by atoms with E-state index in [4.69, 9.17) is 21.4 Å². The van der Waals surface area contributed by atoms with Crippen LogP contribution in [0.1, 0.15) is 42.5 Å². The van der Waals surface area contributed by atoms with Crippen molar-refractivity contribution in [3.05, 3.63) is 28.6 Å². The largest absolute Gasteiger partial charge is 0.469 e. The first kappa shape index (κ1) is 16.7. The Morgan fingerprint density at radius 2 is 2.08 bits per heavy atom. The van der Waals surface area contributed by atoms with Gasteiger partial charge in [0.1, 0.15) is 0 Å². The summed E-state index contributed by atoms with van der Waals surface area (Å²) in [7, 11) is 1.39. The molecular formula is C17H20N2O4S. The van der Waals surface area contributed by atoms with Crippen LogP contribution in [-0.2, 0) is 9.53 Å². The van der Waals surface area contributed by atoms with Crippen LogP contribution in [0.5, 0.6) is 0 Å². The van der Waals surface area contributed by atoms with Crippen LogP contribution in [-0.4, -0.2) is 30.0 Å². The van der Waals surface area contributed by atoms with Crippen LogP contribution in [0.2, 0.25) is 0 Å². The molecule has 2 N–H and O–H groups in total. The number of hydrogen-bond donors (Lipinski definition) is 2. The quantitative estimate of drug-likeness (QED) is 0.505. The lowest BCUT2D eigenvalue weighted by Gasteiger charge is -2.24. The lowest BCUT2D eigenvalue weighted by molar-refractivity contribution is -0.146. The Labute approximate surface area is 144 Å². The van der Waals surface area contributed by atoms with Crippen molar-refractivity contribution < 1.29 is 18.7 Å². The van der Waals surface area contributed by atoms with Crippen LogP contribution in [0.3, 0.4) is 0 Å².